The number of nitrogens with one attached hydrogen (secondary N) is 2. The Balaban J connectivity index is 0.00000169. The third-order valence-corrected chi connectivity index (χ3v) is 4.84. The number of carbonyl (C=O) groups excluding carboxylic acids is 2. The van der Waals surface area contributed by atoms with E-state index < -0.39 is 0 Å². The molecule has 0 bridgehead atoms. The molecule has 2 amide bonds. The van der Waals surface area contributed by atoms with Crippen molar-refractivity contribution < 1.29 is 14.0 Å². The van der Waals surface area contributed by atoms with E-state index in [1.165, 1.54) is 17.6 Å². The summed E-state index contributed by atoms with van der Waals surface area (Å²) in [5.74, 6) is 0.370. The molecular weight excluding hydrogens is 399 g/mol. The zero-order valence-electron chi connectivity index (χ0n) is 14.5. The Bertz CT molecular complexity index is 749. The average molecular weight is 421 g/mol. The first-order valence-electron chi connectivity index (χ1n) is 7.84. The molecule has 2 N–H and O–H groups in total. The molecule has 2 aromatic rings. The predicted molar refractivity (Wildman–Crippen MR) is 106 cm³/mol. The standard InChI is InChI=1S/C16H20N4O3S.2ClH/c1-10-8-17-4-5-20(10)14(21)7-12-9-24-16(18-12)19-15(22)13-3-6-23-11(13)2;;/h3,6,9-10,17H,4-5,7-8H2,1-2H3,(H,18,19,22);2*1H/t10-;;/m0../s1. The second-order valence-corrected chi connectivity index (χ2v) is 6.66. The van der Waals surface area contributed by atoms with Crippen LogP contribution >= 0.6 is 36.2 Å². The van der Waals surface area contributed by atoms with Crippen LogP contribution in [0.15, 0.2) is 22.1 Å². The van der Waals surface area contributed by atoms with E-state index in [0.717, 1.165) is 13.1 Å². The van der Waals surface area contributed by atoms with Crippen LogP contribution in [0.4, 0.5) is 5.13 Å². The summed E-state index contributed by atoms with van der Waals surface area (Å²) in [6.07, 6.45) is 1.73. The minimum atomic E-state index is -0.260. The summed E-state index contributed by atoms with van der Waals surface area (Å²) in [5.41, 5.74) is 1.16. The first-order valence-corrected chi connectivity index (χ1v) is 8.72. The smallest absolute Gasteiger partial charge is 0.260 e. The summed E-state index contributed by atoms with van der Waals surface area (Å²) in [6.45, 7) is 6.11. The van der Waals surface area contributed by atoms with Gasteiger partial charge in [-0.15, -0.1) is 36.2 Å². The molecule has 0 spiro atoms. The number of hydrogen-bond acceptors (Lipinski definition) is 6. The fraction of sp³-hybridized carbons (Fsp3) is 0.438. The highest BCUT2D eigenvalue weighted by Crippen LogP contribution is 2.19. The Labute approximate surface area is 168 Å². The Morgan fingerprint density at radius 2 is 2.23 bits per heavy atom. The normalized spacial score (nSPS) is 16.4. The fourth-order valence-electron chi connectivity index (χ4n) is 2.70. The zero-order chi connectivity index (χ0) is 17.1. The molecule has 3 rings (SSSR count). The average Bonchev–Trinajstić information content (AvgIpc) is 3.16. The molecule has 0 aromatic carbocycles. The Morgan fingerprint density at radius 3 is 2.88 bits per heavy atom. The number of rotatable bonds is 4. The highest BCUT2D eigenvalue weighted by Gasteiger charge is 2.23. The van der Waals surface area contributed by atoms with Crippen molar-refractivity contribution in [1.29, 1.82) is 0 Å². The maximum Gasteiger partial charge on any atom is 0.260 e. The number of aryl methyl sites for hydroxylation is 1. The number of carbonyl (C=O) groups is 2. The van der Waals surface area contributed by atoms with E-state index >= 15 is 0 Å². The van der Waals surface area contributed by atoms with Gasteiger partial charge in [-0.1, -0.05) is 0 Å². The molecule has 1 fully saturated rings. The van der Waals surface area contributed by atoms with Crippen LogP contribution in [0.3, 0.4) is 0 Å². The van der Waals surface area contributed by atoms with E-state index in [1.807, 2.05) is 17.2 Å². The number of anilines is 1. The van der Waals surface area contributed by atoms with Gasteiger partial charge in [0.2, 0.25) is 5.91 Å². The van der Waals surface area contributed by atoms with Gasteiger partial charge in [-0.3, -0.25) is 14.9 Å². The van der Waals surface area contributed by atoms with Crippen LogP contribution in [-0.2, 0) is 11.2 Å². The largest absolute Gasteiger partial charge is 0.469 e. The first kappa shape index (κ1) is 22.4. The Hall–Kier alpha value is -1.61. The minimum Gasteiger partial charge on any atom is -0.469 e. The van der Waals surface area contributed by atoms with Gasteiger partial charge in [0.25, 0.3) is 5.91 Å². The SMILES string of the molecule is Cc1occc1C(=O)Nc1nc(CC(=O)N2CCNC[C@@H]2C)cs1.Cl.Cl. The lowest BCUT2D eigenvalue weighted by Gasteiger charge is -2.33. The summed E-state index contributed by atoms with van der Waals surface area (Å²) in [4.78, 5) is 30.8. The number of amides is 2. The van der Waals surface area contributed by atoms with Gasteiger partial charge < -0.3 is 14.6 Å². The van der Waals surface area contributed by atoms with Crippen LogP contribution < -0.4 is 10.6 Å². The number of halogens is 2. The van der Waals surface area contributed by atoms with Gasteiger partial charge in [0.1, 0.15) is 5.76 Å². The molecule has 3 heterocycles. The number of hydrogen-bond donors (Lipinski definition) is 2. The van der Waals surface area contributed by atoms with Crippen molar-refractivity contribution in [2.24, 2.45) is 0 Å². The monoisotopic (exact) mass is 420 g/mol. The molecule has 0 unspecified atom stereocenters. The van der Waals surface area contributed by atoms with Crippen molar-refractivity contribution in [2.75, 3.05) is 25.0 Å². The first-order chi connectivity index (χ1) is 11.5. The maximum absolute atomic E-state index is 12.4. The predicted octanol–water partition coefficient (Wildman–Crippen LogP) is 2.50. The highest BCUT2D eigenvalue weighted by atomic mass is 35.5. The second-order valence-electron chi connectivity index (χ2n) is 5.81. The second kappa shape index (κ2) is 9.91. The molecule has 1 aliphatic rings. The summed E-state index contributed by atoms with van der Waals surface area (Å²) in [7, 11) is 0. The molecule has 0 aliphatic carbocycles. The van der Waals surface area contributed by atoms with E-state index in [2.05, 4.69) is 15.6 Å². The molecule has 144 valence electrons. The van der Waals surface area contributed by atoms with Gasteiger partial charge >= 0.3 is 0 Å². The van der Waals surface area contributed by atoms with Gasteiger partial charge in [-0.05, 0) is 19.9 Å². The van der Waals surface area contributed by atoms with E-state index in [4.69, 9.17) is 4.42 Å². The number of piperazine rings is 1. The molecule has 1 aliphatic heterocycles. The third kappa shape index (κ3) is 5.20. The lowest BCUT2D eigenvalue weighted by Crippen LogP contribution is -2.52. The lowest BCUT2D eigenvalue weighted by molar-refractivity contribution is -0.133. The van der Waals surface area contributed by atoms with E-state index in [0.29, 0.717) is 28.7 Å². The number of nitrogens with zero attached hydrogens (tertiary/aromatic N) is 2. The van der Waals surface area contributed by atoms with Crippen molar-refractivity contribution in [2.45, 2.75) is 26.3 Å². The molecule has 0 saturated carbocycles. The summed E-state index contributed by atoms with van der Waals surface area (Å²) in [6, 6.07) is 1.81. The zero-order valence-corrected chi connectivity index (χ0v) is 16.9. The van der Waals surface area contributed by atoms with E-state index in [-0.39, 0.29) is 49.1 Å². The van der Waals surface area contributed by atoms with Crippen LogP contribution in [0.1, 0.15) is 28.7 Å². The van der Waals surface area contributed by atoms with Crippen LogP contribution in [-0.4, -0.2) is 47.4 Å². The molecule has 1 saturated heterocycles. The molecule has 1 atom stereocenters. The van der Waals surface area contributed by atoms with Crippen LogP contribution in [0.5, 0.6) is 0 Å². The highest BCUT2D eigenvalue weighted by molar-refractivity contribution is 7.14. The molecule has 2 aromatic heterocycles. The van der Waals surface area contributed by atoms with Gasteiger partial charge in [0, 0.05) is 31.1 Å². The van der Waals surface area contributed by atoms with Crippen molar-refractivity contribution in [3.63, 3.8) is 0 Å². The van der Waals surface area contributed by atoms with Crippen molar-refractivity contribution in [3.8, 4) is 0 Å². The molecule has 26 heavy (non-hydrogen) atoms. The number of furan rings is 1. The Morgan fingerprint density at radius 1 is 1.46 bits per heavy atom. The summed E-state index contributed by atoms with van der Waals surface area (Å²) < 4.78 is 5.13. The van der Waals surface area contributed by atoms with Crippen LogP contribution in [0.2, 0.25) is 0 Å². The minimum absolute atomic E-state index is 0. The lowest BCUT2D eigenvalue weighted by atomic mass is 10.2. The van der Waals surface area contributed by atoms with Crippen molar-refractivity contribution in [3.05, 3.63) is 34.7 Å². The molecular formula is C16H22Cl2N4O3S. The molecule has 0 radical (unpaired) electrons. The fourth-order valence-corrected chi connectivity index (χ4v) is 3.40. The Kier molecular flexibility index (Phi) is 8.55. The van der Waals surface area contributed by atoms with Gasteiger partial charge in [-0.2, -0.15) is 0 Å². The van der Waals surface area contributed by atoms with Crippen LogP contribution in [0, 0.1) is 6.92 Å². The quantitative estimate of drug-likeness (QED) is 0.792. The molecule has 10 heteroatoms. The number of aromatic nitrogens is 1. The summed E-state index contributed by atoms with van der Waals surface area (Å²) >= 11 is 1.31. The summed E-state index contributed by atoms with van der Waals surface area (Å²) in [5, 5.41) is 8.30. The van der Waals surface area contributed by atoms with Crippen molar-refractivity contribution >= 4 is 53.1 Å². The van der Waals surface area contributed by atoms with Crippen molar-refractivity contribution in [1.82, 2.24) is 15.2 Å². The topological polar surface area (TPSA) is 87.5 Å². The van der Waals surface area contributed by atoms with Gasteiger partial charge in [0.15, 0.2) is 5.13 Å². The van der Waals surface area contributed by atoms with E-state index in [9.17, 15) is 9.59 Å². The molecule has 7 nitrogen and oxygen atoms in total. The maximum atomic E-state index is 12.4. The third-order valence-electron chi connectivity index (χ3n) is 4.03. The van der Waals surface area contributed by atoms with E-state index in [1.54, 1.807) is 13.0 Å². The van der Waals surface area contributed by atoms with Gasteiger partial charge in [0.05, 0.1) is 23.9 Å². The number of thiazole rings is 1. The van der Waals surface area contributed by atoms with Gasteiger partial charge in [-0.25, -0.2) is 4.98 Å². The van der Waals surface area contributed by atoms with Crippen LogP contribution in [0.25, 0.3) is 0 Å².